The molecular weight excluding hydrogens is 473 g/mol. The number of rotatable bonds is 8. The van der Waals surface area contributed by atoms with Crippen molar-refractivity contribution in [1.82, 2.24) is 10.7 Å². The Kier molecular flexibility index (Phi) is 9.08. The number of halogens is 2. The van der Waals surface area contributed by atoms with Gasteiger partial charge in [0.25, 0.3) is 0 Å². The maximum Gasteiger partial charge on any atom is 0.329 e. The third-order valence-electron chi connectivity index (χ3n) is 4.93. The number of amides is 2. The Morgan fingerprint density at radius 3 is 2.38 bits per heavy atom. The van der Waals surface area contributed by atoms with Crippen LogP contribution in [0.3, 0.4) is 0 Å². The molecule has 34 heavy (non-hydrogen) atoms. The van der Waals surface area contributed by atoms with E-state index in [-0.39, 0.29) is 6.54 Å². The predicted molar refractivity (Wildman–Crippen MR) is 135 cm³/mol. The van der Waals surface area contributed by atoms with E-state index in [1.807, 2.05) is 30.3 Å². The molecule has 3 aromatic carbocycles. The molecule has 0 aliphatic rings. The van der Waals surface area contributed by atoms with Crippen molar-refractivity contribution in [3.8, 4) is 5.75 Å². The summed E-state index contributed by atoms with van der Waals surface area (Å²) in [6.07, 6.45) is 1.43. The number of carbonyl (C=O) groups excluding carboxylic acids is 2. The molecule has 0 aliphatic carbocycles. The summed E-state index contributed by atoms with van der Waals surface area (Å²) in [5.74, 6) is -0.560. The molecule has 0 unspecified atom stereocenters. The molecule has 176 valence electrons. The van der Waals surface area contributed by atoms with Gasteiger partial charge in [-0.15, -0.1) is 0 Å². The van der Waals surface area contributed by atoms with Gasteiger partial charge in [-0.05, 0) is 52.4 Å². The molecule has 0 spiro atoms. The van der Waals surface area contributed by atoms with Crippen LogP contribution in [0.5, 0.6) is 5.75 Å². The van der Waals surface area contributed by atoms with Gasteiger partial charge in [0.15, 0.2) is 0 Å². The average Bonchev–Trinajstić information content (AvgIpc) is 2.83. The molecule has 2 N–H and O–H groups in total. The van der Waals surface area contributed by atoms with Gasteiger partial charge in [0.1, 0.15) is 12.4 Å². The summed E-state index contributed by atoms with van der Waals surface area (Å²) in [7, 11) is 0. The highest BCUT2D eigenvalue weighted by atomic mass is 35.5. The molecule has 0 saturated heterocycles. The zero-order valence-electron chi connectivity index (χ0n) is 18.8. The molecule has 0 saturated carbocycles. The highest BCUT2D eigenvalue weighted by Crippen LogP contribution is 2.23. The van der Waals surface area contributed by atoms with E-state index in [1.54, 1.807) is 36.4 Å². The van der Waals surface area contributed by atoms with Crippen molar-refractivity contribution in [2.24, 2.45) is 5.10 Å². The van der Waals surface area contributed by atoms with Crippen molar-refractivity contribution >= 4 is 41.2 Å². The van der Waals surface area contributed by atoms with E-state index < -0.39 is 11.8 Å². The number of hydrogen-bond donors (Lipinski definition) is 2. The molecule has 2 amide bonds. The predicted octanol–water partition coefficient (Wildman–Crippen LogP) is 5.46. The lowest BCUT2D eigenvalue weighted by Gasteiger charge is -2.08. The van der Waals surface area contributed by atoms with Gasteiger partial charge in [0.2, 0.25) is 0 Å². The first-order chi connectivity index (χ1) is 16.3. The van der Waals surface area contributed by atoms with Gasteiger partial charge in [-0.25, -0.2) is 5.43 Å². The van der Waals surface area contributed by atoms with Crippen LogP contribution in [0.15, 0.2) is 71.8 Å². The fraction of sp³-hybridized carbons (Fsp3) is 0.192. The maximum absolute atomic E-state index is 12.0. The number of benzene rings is 3. The van der Waals surface area contributed by atoms with Gasteiger partial charge < -0.3 is 10.1 Å². The Bertz CT molecular complexity index is 1180. The van der Waals surface area contributed by atoms with Crippen LogP contribution in [0.25, 0.3) is 0 Å². The Morgan fingerprint density at radius 1 is 0.941 bits per heavy atom. The summed E-state index contributed by atoms with van der Waals surface area (Å²) in [6.45, 7) is 4.80. The molecule has 0 aliphatic heterocycles. The lowest BCUT2D eigenvalue weighted by atomic mass is 10.0. The second kappa shape index (κ2) is 12.2. The number of hydrazone groups is 1. The lowest BCUT2D eigenvalue weighted by molar-refractivity contribution is -0.139. The third-order valence-corrected chi connectivity index (χ3v) is 5.67. The molecule has 0 radical (unpaired) electrons. The zero-order chi connectivity index (χ0) is 24.5. The quantitative estimate of drug-likeness (QED) is 0.246. The van der Waals surface area contributed by atoms with Crippen LogP contribution in [0.2, 0.25) is 10.0 Å². The summed E-state index contributed by atoms with van der Waals surface area (Å²) in [5.41, 5.74) is 5.92. The van der Waals surface area contributed by atoms with E-state index in [2.05, 4.69) is 29.7 Å². The van der Waals surface area contributed by atoms with Gasteiger partial charge >= 0.3 is 11.8 Å². The summed E-state index contributed by atoms with van der Waals surface area (Å²) in [5, 5.41) is 7.39. The second-order valence-electron chi connectivity index (χ2n) is 7.89. The van der Waals surface area contributed by atoms with E-state index in [9.17, 15) is 9.59 Å². The van der Waals surface area contributed by atoms with Gasteiger partial charge in [-0.3, -0.25) is 9.59 Å². The molecule has 3 rings (SSSR count). The van der Waals surface area contributed by atoms with Crippen molar-refractivity contribution in [2.75, 3.05) is 0 Å². The molecule has 0 aromatic heterocycles. The van der Waals surface area contributed by atoms with Gasteiger partial charge in [0.05, 0.1) is 16.3 Å². The number of ether oxygens (including phenoxy) is 1. The molecule has 3 aromatic rings. The van der Waals surface area contributed by atoms with Crippen LogP contribution in [-0.4, -0.2) is 18.0 Å². The van der Waals surface area contributed by atoms with Gasteiger partial charge in [0, 0.05) is 6.54 Å². The Labute approximate surface area is 208 Å². The van der Waals surface area contributed by atoms with Crippen LogP contribution in [0.1, 0.15) is 42.0 Å². The van der Waals surface area contributed by atoms with E-state index in [0.717, 1.165) is 11.1 Å². The average molecular weight is 498 g/mol. The monoisotopic (exact) mass is 497 g/mol. The van der Waals surface area contributed by atoms with E-state index >= 15 is 0 Å². The van der Waals surface area contributed by atoms with E-state index in [0.29, 0.717) is 33.9 Å². The molecular formula is C26H25Cl2N3O3. The van der Waals surface area contributed by atoms with Crippen LogP contribution in [0, 0.1) is 0 Å². The highest BCUT2D eigenvalue weighted by Gasteiger charge is 2.12. The minimum Gasteiger partial charge on any atom is -0.489 e. The van der Waals surface area contributed by atoms with Crippen molar-refractivity contribution < 1.29 is 14.3 Å². The van der Waals surface area contributed by atoms with E-state index in [1.165, 1.54) is 11.8 Å². The number of hydrogen-bond acceptors (Lipinski definition) is 4. The van der Waals surface area contributed by atoms with Crippen LogP contribution < -0.4 is 15.5 Å². The number of nitrogens with one attached hydrogen (secondary N) is 2. The first kappa shape index (κ1) is 25.3. The molecule has 8 heteroatoms. The van der Waals surface area contributed by atoms with Crippen LogP contribution >= 0.6 is 23.2 Å². The lowest BCUT2D eigenvalue weighted by Crippen LogP contribution is -2.37. The minimum absolute atomic E-state index is 0.257. The smallest absolute Gasteiger partial charge is 0.329 e. The first-order valence-corrected chi connectivity index (χ1v) is 11.4. The van der Waals surface area contributed by atoms with Crippen molar-refractivity contribution in [3.63, 3.8) is 0 Å². The summed E-state index contributed by atoms with van der Waals surface area (Å²) >= 11 is 12.0. The largest absolute Gasteiger partial charge is 0.489 e. The summed E-state index contributed by atoms with van der Waals surface area (Å²) < 4.78 is 5.77. The maximum atomic E-state index is 12.0. The Balaban J connectivity index is 1.46. The Hall–Kier alpha value is -3.35. The normalized spacial score (nSPS) is 11.0. The van der Waals surface area contributed by atoms with Crippen molar-refractivity contribution in [3.05, 3.63) is 99.0 Å². The molecule has 0 bridgehead atoms. The fourth-order valence-electron chi connectivity index (χ4n) is 2.98. The molecule has 0 fully saturated rings. The molecule has 6 nitrogen and oxygen atoms in total. The van der Waals surface area contributed by atoms with Crippen LogP contribution in [0.4, 0.5) is 0 Å². The van der Waals surface area contributed by atoms with Crippen molar-refractivity contribution in [2.45, 2.75) is 32.9 Å². The summed E-state index contributed by atoms with van der Waals surface area (Å²) in [4.78, 5) is 24.0. The molecule has 0 atom stereocenters. The third kappa shape index (κ3) is 7.61. The second-order valence-corrected chi connectivity index (χ2v) is 8.70. The minimum atomic E-state index is -0.845. The Morgan fingerprint density at radius 2 is 1.68 bits per heavy atom. The van der Waals surface area contributed by atoms with Gasteiger partial charge in [-0.1, -0.05) is 79.5 Å². The zero-order valence-corrected chi connectivity index (χ0v) is 20.4. The summed E-state index contributed by atoms with van der Waals surface area (Å²) in [6, 6.07) is 20.3. The topological polar surface area (TPSA) is 79.8 Å². The van der Waals surface area contributed by atoms with Crippen LogP contribution in [-0.2, 0) is 22.7 Å². The standard InChI is InChI=1S/C26H25Cl2N3O3/c1-17(2)21-9-6-18(7-10-21)14-29-25(32)26(33)31-30-15-19-4-3-5-22(12-19)34-16-20-8-11-23(27)24(28)13-20/h3-13,15,17H,14,16H2,1-2H3,(H,29,32)(H,31,33)/b30-15-. The molecule has 0 heterocycles. The van der Waals surface area contributed by atoms with Gasteiger partial charge in [-0.2, -0.15) is 5.10 Å². The number of nitrogens with zero attached hydrogens (tertiary/aromatic N) is 1. The number of carbonyl (C=O) groups is 2. The first-order valence-electron chi connectivity index (χ1n) is 10.7. The van der Waals surface area contributed by atoms with Crippen molar-refractivity contribution in [1.29, 1.82) is 0 Å². The SMILES string of the molecule is CC(C)c1ccc(CNC(=O)C(=O)N/N=C\c2cccc(OCc3ccc(Cl)c(Cl)c3)c2)cc1. The van der Waals surface area contributed by atoms with E-state index in [4.69, 9.17) is 27.9 Å². The fourth-order valence-corrected chi connectivity index (χ4v) is 3.30. The highest BCUT2D eigenvalue weighted by molar-refractivity contribution is 6.42.